The molecule has 5 heteroatoms. The summed E-state index contributed by atoms with van der Waals surface area (Å²) in [5.74, 6) is 2.19. The van der Waals surface area contributed by atoms with Gasteiger partial charge in [-0.3, -0.25) is 4.79 Å². The van der Waals surface area contributed by atoms with Crippen molar-refractivity contribution < 1.29 is 14.2 Å². The van der Waals surface area contributed by atoms with Crippen LogP contribution in [0, 0.1) is 19.8 Å². The lowest BCUT2D eigenvalue weighted by Gasteiger charge is -2.24. The van der Waals surface area contributed by atoms with E-state index in [0.717, 1.165) is 41.5 Å². The predicted octanol–water partition coefficient (Wildman–Crippen LogP) is 4.43. The van der Waals surface area contributed by atoms with Crippen LogP contribution in [0.3, 0.4) is 0 Å². The number of aryl methyl sites for hydroxylation is 2. The molecule has 1 aliphatic rings. The highest BCUT2D eigenvalue weighted by Crippen LogP contribution is 2.35. The minimum Gasteiger partial charge on any atom is -0.493 e. The minimum absolute atomic E-state index is 0.0393. The van der Waals surface area contributed by atoms with Crippen LogP contribution in [0.15, 0.2) is 35.1 Å². The molecular weight excluding hydrogens is 354 g/mol. The quantitative estimate of drug-likeness (QED) is 0.607. The molecule has 1 heterocycles. The van der Waals surface area contributed by atoms with Crippen LogP contribution in [-0.4, -0.2) is 24.9 Å². The molecule has 1 aliphatic carbocycles. The molecule has 1 aromatic heterocycles. The Morgan fingerprint density at radius 3 is 2.43 bits per heavy atom. The van der Waals surface area contributed by atoms with Gasteiger partial charge in [0.1, 0.15) is 6.10 Å². The molecule has 0 bridgehead atoms. The number of hydrogen-bond acceptors (Lipinski definition) is 4. The van der Waals surface area contributed by atoms with Gasteiger partial charge in [0.15, 0.2) is 16.9 Å². The molecule has 0 radical (unpaired) electrons. The molecule has 1 unspecified atom stereocenters. The molecule has 0 amide bonds. The van der Waals surface area contributed by atoms with Crippen LogP contribution in [0.2, 0.25) is 0 Å². The summed E-state index contributed by atoms with van der Waals surface area (Å²) in [4.78, 5) is 11.8. The standard InChI is InChI=1S/C23H31NO4/c1-5-10-27-23(14-24-16(2)11-20(25)12-17(24)3)19-8-9-21(26-4)22(13-19)28-15-18-6-7-18/h8-9,11-13,18,23H,5-7,10,14-15H2,1-4H3. The first-order chi connectivity index (χ1) is 13.5. The van der Waals surface area contributed by atoms with Gasteiger partial charge in [-0.25, -0.2) is 0 Å². The third-order valence-electron chi connectivity index (χ3n) is 5.16. The van der Waals surface area contributed by atoms with Gasteiger partial charge in [-0.15, -0.1) is 0 Å². The Kier molecular flexibility index (Phi) is 6.79. The van der Waals surface area contributed by atoms with E-state index in [1.807, 2.05) is 32.0 Å². The molecule has 0 spiro atoms. The van der Waals surface area contributed by atoms with Crippen molar-refractivity contribution in [2.45, 2.75) is 52.7 Å². The lowest BCUT2D eigenvalue weighted by Crippen LogP contribution is -2.19. The van der Waals surface area contributed by atoms with E-state index in [2.05, 4.69) is 11.5 Å². The molecule has 152 valence electrons. The number of ether oxygens (including phenoxy) is 3. The molecule has 0 N–H and O–H groups in total. The van der Waals surface area contributed by atoms with Gasteiger partial charge in [0.05, 0.1) is 20.3 Å². The molecular formula is C23H31NO4. The van der Waals surface area contributed by atoms with Gasteiger partial charge in [-0.2, -0.15) is 0 Å². The Hall–Kier alpha value is -2.27. The van der Waals surface area contributed by atoms with E-state index < -0.39 is 0 Å². The molecule has 1 aromatic carbocycles. The van der Waals surface area contributed by atoms with Gasteiger partial charge in [0, 0.05) is 30.1 Å². The Morgan fingerprint density at radius 1 is 1.11 bits per heavy atom. The van der Waals surface area contributed by atoms with E-state index in [1.165, 1.54) is 12.8 Å². The van der Waals surface area contributed by atoms with E-state index >= 15 is 0 Å². The van der Waals surface area contributed by atoms with Gasteiger partial charge in [-0.05, 0) is 56.7 Å². The monoisotopic (exact) mass is 385 g/mol. The zero-order valence-electron chi connectivity index (χ0n) is 17.4. The van der Waals surface area contributed by atoms with E-state index in [-0.39, 0.29) is 11.5 Å². The highest BCUT2D eigenvalue weighted by Gasteiger charge is 2.23. The number of pyridine rings is 1. The van der Waals surface area contributed by atoms with Crippen LogP contribution in [0.25, 0.3) is 0 Å². The number of nitrogens with zero attached hydrogens (tertiary/aromatic N) is 1. The Bertz CT molecular complexity index is 828. The van der Waals surface area contributed by atoms with Crippen LogP contribution >= 0.6 is 0 Å². The maximum atomic E-state index is 11.8. The molecule has 1 fully saturated rings. The van der Waals surface area contributed by atoms with Crippen molar-refractivity contribution in [3.63, 3.8) is 0 Å². The fourth-order valence-corrected chi connectivity index (χ4v) is 3.35. The third kappa shape index (κ3) is 5.16. The van der Waals surface area contributed by atoms with Crippen molar-refractivity contribution in [3.05, 3.63) is 57.5 Å². The molecule has 2 aromatic rings. The number of rotatable bonds is 10. The van der Waals surface area contributed by atoms with Crippen LogP contribution in [0.5, 0.6) is 11.5 Å². The second-order valence-corrected chi connectivity index (χ2v) is 7.61. The predicted molar refractivity (Wildman–Crippen MR) is 110 cm³/mol. The van der Waals surface area contributed by atoms with E-state index in [9.17, 15) is 4.79 Å². The van der Waals surface area contributed by atoms with Crippen molar-refractivity contribution in [2.24, 2.45) is 5.92 Å². The average molecular weight is 386 g/mol. The Labute approximate surface area is 167 Å². The summed E-state index contributed by atoms with van der Waals surface area (Å²) in [6, 6.07) is 9.36. The topological polar surface area (TPSA) is 49.7 Å². The maximum absolute atomic E-state index is 11.8. The van der Waals surface area contributed by atoms with Crippen LogP contribution in [-0.2, 0) is 11.3 Å². The van der Waals surface area contributed by atoms with Crippen LogP contribution in [0.1, 0.15) is 49.2 Å². The van der Waals surface area contributed by atoms with Gasteiger partial charge in [0.25, 0.3) is 0 Å². The fraction of sp³-hybridized carbons (Fsp3) is 0.522. The smallest absolute Gasteiger partial charge is 0.182 e. The SMILES string of the molecule is CCCOC(Cn1c(C)cc(=O)cc1C)c1ccc(OC)c(OCC2CC2)c1. The van der Waals surface area contributed by atoms with E-state index in [0.29, 0.717) is 19.1 Å². The van der Waals surface area contributed by atoms with Crippen molar-refractivity contribution in [3.8, 4) is 11.5 Å². The first-order valence-electron chi connectivity index (χ1n) is 10.1. The highest BCUT2D eigenvalue weighted by atomic mass is 16.5. The molecule has 5 nitrogen and oxygen atoms in total. The second-order valence-electron chi connectivity index (χ2n) is 7.61. The third-order valence-corrected chi connectivity index (χ3v) is 5.16. The Balaban J connectivity index is 1.88. The number of methoxy groups -OCH3 is 1. The van der Waals surface area contributed by atoms with E-state index in [4.69, 9.17) is 14.2 Å². The number of hydrogen-bond donors (Lipinski definition) is 0. The molecule has 0 aliphatic heterocycles. The lowest BCUT2D eigenvalue weighted by atomic mass is 10.1. The number of aromatic nitrogens is 1. The zero-order valence-corrected chi connectivity index (χ0v) is 17.4. The van der Waals surface area contributed by atoms with E-state index in [1.54, 1.807) is 19.2 Å². The van der Waals surface area contributed by atoms with Gasteiger partial charge >= 0.3 is 0 Å². The summed E-state index contributed by atoms with van der Waals surface area (Å²) < 4.78 is 19.8. The molecule has 1 saturated carbocycles. The molecule has 3 rings (SSSR count). The summed E-state index contributed by atoms with van der Waals surface area (Å²) in [5.41, 5.74) is 2.97. The minimum atomic E-state index is -0.131. The highest BCUT2D eigenvalue weighted by molar-refractivity contribution is 5.43. The van der Waals surface area contributed by atoms with Gasteiger partial charge in [-0.1, -0.05) is 13.0 Å². The summed E-state index contributed by atoms with van der Waals surface area (Å²) in [6.45, 7) is 8.08. The summed E-state index contributed by atoms with van der Waals surface area (Å²) in [7, 11) is 1.66. The van der Waals surface area contributed by atoms with Crippen LogP contribution < -0.4 is 14.9 Å². The molecule has 0 saturated heterocycles. The summed E-state index contributed by atoms with van der Waals surface area (Å²) >= 11 is 0. The number of benzene rings is 1. The fourth-order valence-electron chi connectivity index (χ4n) is 3.35. The van der Waals surface area contributed by atoms with Gasteiger partial charge in [0.2, 0.25) is 0 Å². The van der Waals surface area contributed by atoms with Crippen molar-refractivity contribution in [1.82, 2.24) is 4.57 Å². The summed E-state index contributed by atoms with van der Waals surface area (Å²) in [5, 5.41) is 0. The Morgan fingerprint density at radius 2 is 1.82 bits per heavy atom. The largest absolute Gasteiger partial charge is 0.493 e. The maximum Gasteiger partial charge on any atom is 0.182 e. The average Bonchev–Trinajstić information content (AvgIpc) is 3.49. The zero-order chi connectivity index (χ0) is 20.1. The first-order valence-corrected chi connectivity index (χ1v) is 10.1. The normalized spacial score (nSPS) is 14.7. The lowest BCUT2D eigenvalue weighted by molar-refractivity contribution is 0.0398. The molecule has 1 atom stereocenters. The first kappa shape index (κ1) is 20.5. The van der Waals surface area contributed by atoms with Crippen molar-refractivity contribution >= 4 is 0 Å². The van der Waals surface area contributed by atoms with Crippen LogP contribution in [0.4, 0.5) is 0 Å². The van der Waals surface area contributed by atoms with Crippen molar-refractivity contribution in [2.75, 3.05) is 20.3 Å². The molecule has 28 heavy (non-hydrogen) atoms. The van der Waals surface area contributed by atoms with Crippen molar-refractivity contribution in [1.29, 1.82) is 0 Å². The van der Waals surface area contributed by atoms with Gasteiger partial charge < -0.3 is 18.8 Å². The second kappa shape index (κ2) is 9.28. The summed E-state index contributed by atoms with van der Waals surface area (Å²) in [6.07, 6.45) is 3.30.